The van der Waals surface area contributed by atoms with Gasteiger partial charge in [0, 0.05) is 25.6 Å². The Kier molecular flexibility index (Phi) is 5.07. The van der Waals surface area contributed by atoms with Crippen molar-refractivity contribution < 1.29 is 15.0 Å². The molecule has 9 heteroatoms. The van der Waals surface area contributed by atoms with Gasteiger partial charge in [-0.3, -0.25) is 4.79 Å². The molecule has 0 saturated heterocycles. The van der Waals surface area contributed by atoms with E-state index in [0.717, 1.165) is 12.0 Å². The predicted octanol–water partition coefficient (Wildman–Crippen LogP) is 0.859. The quantitative estimate of drug-likeness (QED) is 0.438. The van der Waals surface area contributed by atoms with Crippen LogP contribution in [0, 0.1) is 23.2 Å². The summed E-state index contributed by atoms with van der Waals surface area (Å²) in [6, 6.07) is 7.50. The summed E-state index contributed by atoms with van der Waals surface area (Å²) in [5.41, 5.74) is 2.16. The molecular formula is C24H26N6O3. The Morgan fingerprint density at radius 1 is 1.21 bits per heavy atom. The van der Waals surface area contributed by atoms with Crippen molar-refractivity contribution in [3.05, 3.63) is 47.5 Å². The SMILES string of the molecule is CCc1ccc(C#Cc2nc(NC)c3ncn([C@H]4[C@H](O)[C@H](O)[C@]5(C(=O)NC)C[C@H]45)c3n2)cc1. The summed E-state index contributed by atoms with van der Waals surface area (Å²) in [6.45, 7) is 2.10. The van der Waals surface area contributed by atoms with Gasteiger partial charge >= 0.3 is 0 Å². The molecule has 2 heterocycles. The molecule has 2 aromatic heterocycles. The first-order valence-electron chi connectivity index (χ1n) is 11.1. The van der Waals surface area contributed by atoms with Gasteiger partial charge in [0.1, 0.15) is 6.10 Å². The van der Waals surface area contributed by atoms with Crippen molar-refractivity contribution in [1.82, 2.24) is 24.8 Å². The van der Waals surface area contributed by atoms with Gasteiger partial charge in [-0.15, -0.1) is 0 Å². The lowest BCUT2D eigenvalue weighted by Gasteiger charge is -2.23. The Labute approximate surface area is 191 Å². The number of hydrogen-bond donors (Lipinski definition) is 4. The van der Waals surface area contributed by atoms with Crippen molar-refractivity contribution in [2.24, 2.45) is 11.3 Å². The van der Waals surface area contributed by atoms with Crippen LogP contribution in [0.25, 0.3) is 11.2 Å². The standard InChI is InChI=1S/C24H26N6O3/c1-4-13-5-7-14(8-6-13)9-10-16-28-21(25-2)17-22(29-16)30(12-27-17)18-15-11-24(15,23(33)26-3)20(32)19(18)31/h5-8,12,15,18-20,31-32H,4,11H2,1-3H3,(H,26,33)(H,25,28,29)/t15-,18-,19+,20+,24+/m1/s1. The molecule has 0 spiro atoms. The van der Waals surface area contributed by atoms with E-state index in [1.807, 2.05) is 24.3 Å². The third kappa shape index (κ3) is 3.17. The maximum absolute atomic E-state index is 12.5. The number of fused-ring (bicyclic) bond motifs is 2. The van der Waals surface area contributed by atoms with E-state index in [9.17, 15) is 15.0 Å². The molecule has 1 aromatic carbocycles. The topological polar surface area (TPSA) is 125 Å². The first kappa shape index (κ1) is 21.4. The van der Waals surface area contributed by atoms with Crippen LogP contribution in [0.4, 0.5) is 5.82 Å². The van der Waals surface area contributed by atoms with Gasteiger partial charge in [0.05, 0.1) is 23.9 Å². The number of carbonyl (C=O) groups is 1. The highest BCUT2D eigenvalue weighted by Gasteiger charge is 2.75. The second kappa shape index (κ2) is 7.83. The van der Waals surface area contributed by atoms with Crippen molar-refractivity contribution in [3.63, 3.8) is 0 Å². The number of carbonyl (C=O) groups excluding carboxylic acids is 1. The third-order valence-electron chi connectivity index (χ3n) is 6.98. The summed E-state index contributed by atoms with van der Waals surface area (Å²) >= 11 is 0. The smallest absolute Gasteiger partial charge is 0.229 e. The fraction of sp³-hybridized carbons (Fsp3) is 0.417. The highest BCUT2D eigenvalue weighted by molar-refractivity contribution is 5.88. The summed E-state index contributed by atoms with van der Waals surface area (Å²) in [7, 11) is 3.28. The van der Waals surface area contributed by atoms with Gasteiger partial charge in [-0.1, -0.05) is 25.0 Å². The summed E-state index contributed by atoms with van der Waals surface area (Å²) in [5.74, 6) is 6.49. The van der Waals surface area contributed by atoms with Crippen LogP contribution in [-0.2, 0) is 11.2 Å². The minimum absolute atomic E-state index is 0.209. The molecule has 5 atom stereocenters. The molecule has 2 aliphatic carbocycles. The number of rotatable bonds is 4. The van der Waals surface area contributed by atoms with E-state index >= 15 is 0 Å². The normalized spacial score (nSPS) is 27.5. The number of aliphatic hydroxyl groups excluding tert-OH is 2. The summed E-state index contributed by atoms with van der Waals surface area (Å²) in [4.78, 5) is 26.0. The molecule has 0 unspecified atom stereocenters. The lowest BCUT2D eigenvalue weighted by Crippen LogP contribution is -2.41. The van der Waals surface area contributed by atoms with Crippen molar-refractivity contribution in [2.45, 2.75) is 38.0 Å². The molecule has 2 aliphatic rings. The fourth-order valence-electron chi connectivity index (χ4n) is 5.10. The van der Waals surface area contributed by atoms with Crippen LogP contribution < -0.4 is 10.6 Å². The Morgan fingerprint density at radius 2 is 1.97 bits per heavy atom. The van der Waals surface area contributed by atoms with Crippen LogP contribution in [0.1, 0.15) is 36.3 Å². The van der Waals surface area contributed by atoms with E-state index in [1.54, 1.807) is 25.0 Å². The molecule has 33 heavy (non-hydrogen) atoms. The van der Waals surface area contributed by atoms with E-state index in [0.29, 0.717) is 29.2 Å². The summed E-state index contributed by atoms with van der Waals surface area (Å²) < 4.78 is 1.75. The molecule has 0 aliphatic heterocycles. The molecule has 2 fully saturated rings. The molecule has 4 N–H and O–H groups in total. The van der Waals surface area contributed by atoms with Gasteiger partial charge in [0.2, 0.25) is 11.7 Å². The highest BCUT2D eigenvalue weighted by Crippen LogP contribution is 2.67. The Morgan fingerprint density at radius 3 is 2.64 bits per heavy atom. The molecule has 9 nitrogen and oxygen atoms in total. The molecule has 170 valence electrons. The zero-order valence-electron chi connectivity index (χ0n) is 18.7. The van der Waals surface area contributed by atoms with E-state index in [2.05, 4.69) is 44.4 Å². The number of imidazole rings is 1. The number of nitrogens with one attached hydrogen (secondary N) is 2. The number of hydrogen-bond acceptors (Lipinski definition) is 7. The highest BCUT2D eigenvalue weighted by atomic mass is 16.3. The van der Waals surface area contributed by atoms with E-state index < -0.39 is 23.7 Å². The van der Waals surface area contributed by atoms with Gasteiger partial charge in [-0.05, 0) is 36.5 Å². The summed E-state index contributed by atoms with van der Waals surface area (Å²) in [5, 5.41) is 27.2. The number of amides is 1. The van der Waals surface area contributed by atoms with Crippen LogP contribution in [0.3, 0.4) is 0 Å². The van der Waals surface area contributed by atoms with Crippen molar-refractivity contribution >= 4 is 22.9 Å². The zero-order valence-corrected chi connectivity index (χ0v) is 18.7. The van der Waals surface area contributed by atoms with E-state index in [1.165, 1.54) is 5.56 Å². The molecule has 0 bridgehead atoms. The molecular weight excluding hydrogens is 420 g/mol. The van der Waals surface area contributed by atoms with Gasteiger partial charge in [0.25, 0.3) is 0 Å². The first-order valence-corrected chi connectivity index (χ1v) is 11.1. The first-order chi connectivity index (χ1) is 15.9. The molecule has 2 saturated carbocycles. The largest absolute Gasteiger partial charge is 0.389 e. The van der Waals surface area contributed by atoms with Crippen LogP contribution in [0.15, 0.2) is 30.6 Å². The van der Waals surface area contributed by atoms with Gasteiger partial charge in [-0.2, -0.15) is 0 Å². The number of benzene rings is 1. The monoisotopic (exact) mass is 446 g/mol. The van der Waals surface area contributed by atoms with Gasteiger partial charge < -0.3 is 25.4 Å². The average molecular weight is 447 g/mol. The van der Waals surface area contributed by atoms with E-state index in [-0.39, 0.29) is 11.8 Å². The minimum Gasteiger partial charge on any atom is -0.389 e. The molecule has 3 aromatic rings. The predicted molar refractivity (Wildman–Crippen MR) is 122 cm³/mol. The van der Waals surface area contributed by atoms with Gasteiger partial charge in [-0.25, -0.2) is 15.0 Å². The van der Waals surface area contributed by atoms with Crippen molar-refractivity contribution in [3.8, 4) is 11.8 Å². The Balaban J connectivity index is 1.54. The number of nitrogens with zero attached hydrogens (tertiary/aromatic N) is 4. The lowest BCUT2D eigenvalue weighted by atomic mass is 9.98. The second-order valence-corrected chi connectivity index (χ2v) is 8.63. The number of aromatic nitrogens is 4. The van der Waals surface area contributed by atoms with Gasteiger partial charge in [0.15, 0.2) is 17.0 Å². The molecule has 0 radical (unpaired) electrons. The summed E-state index contributed by atoms with van der Waals surface area (Å²) in [6.07, 6.45) is 0.783. The minimum atomic E-state index is -1.15. The second-order valence-electron chi connectivity index (χ2n) is 8.63. The lowest BCUT2D eigenvalue weighted by molar-refractivity contribution is -0.132. The zero-order chi connectivity index (χ0) is 23.3. The molecule has 1 amide bonds. The van der Waals surface area contributed by atoms with Crippen LogP contribution in [0.2, 0.25) is 0 Å². The van der Waals surface area contributed by atoms with Crippen LogP contribution in [-0.4, -0.2) is 61.9 Å². The van der Waals surface area contributed by atoms with Crippen LogP contribution in [0.5, 0.6) is 0 Å². The van der Waals surface area contributed by atoms with Crippen molar-refractivity contribution in [2.75, 3.05) is 19.4 Å². The number of anilines is 1. The average Bonchev–Trinajstić information content (AvgIpc) is 3.38. The molecule has 5 rings (SSSR count). The van der Waals surface area contributed by atoms with Crippen molar-refractivity contribution in [1.29, 1.82) is 0 Å². The maximum atomic E-state index is 12.5. The van der Waals surface area contributed by atoms with E-state index in [4.69, 9.17) is 0 Å². The maximum Gasteiger partial charge on any atom is 0.229 e. The third-order valence-corrected chi connectivity index (χ3v) is 6.98. The van der Waals surface area contributed by atoms with Crippen LogP contribution >= 0.6 is 0 Å². The number of aliphatic hydroxyl groups is 2. The Hall–Kier alpha value is -3.48. The Bertz CT molecular complexity index is 1290. The number of aryl methyl sites for hydroxylation is 1. The fourth-order valence-corrected chi connectivity index (χ4v) is 5.10.